The minimum atomic E-state index is -2.14. The van der Waals surface area contributed by atoms with Gasteiger partial charge in [-0.15, -0.1) is 0 Å². The molecular formula is C6H13F2N. The molecule has 0 bridgehead atoms. The van der Waals surface area contributed by atoms with Crippen molar-refractivity contribution >= 4 is 0 Å². The molecule has 0 radical (unpaired) electrons. The molecule has 0 fully saturated rings. The molecule has 0 atom stereocenters. The molecule has 0 aliphatic heterocycles. The summed E-state index contributed by atoms with van der Waals surface area (Å²) in [4.78, 5) is 0. The Morgan fingerprint density at radius 1 is 1.44 bits per heavy atom. The van der Waals surface area contributed by atoms with E-state index >= 15 is 0 Å². The average Bonchev–Trinajstić information content (AvgIpc) is 1.80. The maximum Gasteiger partial charge on any atom is 0.238 e. The van der Waals surface area contributed by atoms with Crippen molar-refractivity contribution in [2.75, 3.05) is 13.1 Å². The zero-order chi connectivity index (χ0) is 7.11. The minimum Gasteiger partial charge on any atom is -0.317 e. The number of rotatable bonds is 5. The highest BCUT2D eigenvalue weighted by Gasteiger charge is 1.99. The second-order valence-electron chi connectivity index (χ2n) is 1.89. The Hall–Kier alpha value is -0.180. The predicted octanol–water partition coefficient (Wildman–Crippen LogP) is 1.64. The Morgan fingerprint density at radius 2 is 2.11 bits per heavy atom. The Balaban J connectivity index is 2.75. The molecule has 0 aromatic carbocycles. The SMILES string of the molecule is CCNCCCC(F)F. The molecule has 56 valence electrons. The summed E-state index contributed by atoms with van der Waals surface area (Å²) >= 11 is 0. The number of halogens is 2. The van der Waals surface area contributed by atoms with Gasteiger partial charge in [-0.05, 0) is 19.5 Å². The fraction of sp³-hybridized carbons (Fsp3) is 1.00. The summed E-state index contributed by atoms with van der Waals surface area (Å²) in [5, 5.41) is 2.97. The highest BCUT2D eigenvalue weighted by atomic mass is 19.3. The number of alkyl halides is 2. The van der Waals surface area contributed by atoms with Crippen LogP contribution in [0.5, 0.6) is 0 Å². The summed E-state index contributed by atoms with van der Waals surface area (Å²) in [6, 6.07) is 0. The quantitative estimate of drug-likeness (QED) is 0.568. The molecule has 0 saturated heterocycles. The summed E-state index contributed by atoms with van der Waals surface area (Å²) in [5.41, 5.74) is 0. The molecule has 0 aromatic rings. The first-order valence-corrected chi connectivity index (χ1v) is 3.26. The molecule has 0 amide bonds. The lowest BCUT2D eigenvalue weighted by Gasteiger charge is -1.99. The van der Waals surface area contributed by atoms with Gasteiger partial charge in [0.15, 0.2) is 0 Å². The summed E-state index contributed by atoms with van der Waals surface area (Å²) in [5.74, 6) is 0. The molecule has 1 N–H and O–H groups in total. The van der Waals surface area contributed by atoms with Crippen LogP contribution < -0.4 is 5.32 Å². The van der Waals surface area contributed by atoms with Crippen molar-refractivity contribution in [3.05, 3.63) is 0 Å². The third-order valence-corrected chi connectivity index (χ3v) is 1.03. The number of nitrogens with one attached hydrogen (secondary N) is 1. The van der Waals surface area contributed by atoms with Crippen molar-refractivity contribution in [3.8, 4) is 0 Å². The van der Waals surface area contributed by atoms with Crippen LogP contribution in [0.25, 0.3) is 0 Å². The van der Waals surface area contributed by atoms with Gasteiger partial charge in [-0.2, -0.15) is 0 Å². The smallest absolute Gasteiger partial charge is 0.238 e. The molecule has 0 aliphatic carbocycles. The van der Waals surface area contributed by atoms with Crippen LogP contribution in [0, 0.1) is 0 Å². The van der Waals surface area contributed by atoms with Gasteiger partial charge in [-0.1, -0.05) is 6.92 Å². The van der Waals surface area contributed by atoms with E-state index < -0.39 is 6.43 Å². The van der Waals surface area contributed by atoms with Crippen LogP contribution in [0.15, 0.2) is 0 Å². The van der Waals surface area contributed by atoms with E-state index in [2.05, 4.69) is 5.32 Å². The van der Waals surface area contributed by atoms with E-state index in [0.29, 0.717) is 13.0 Å². The van der Waals surface area contributed by atoms with Gasteiger partial charge in [0, 0.05) is 6.42 Å². The fourth-order valence-electron chi connectivity index (χ4n) is 0.558. The monoisotopic (exact) mass is 137 g/mol. The summed E-state index contributed by atoms with van der Waals surface area (Å²) in [6.45, 7) is 3.53. The highest BCUT2D eigenvalue weighted by molar-refractivity contribution is 4.46. The topological polar surface area (TPSA) is 12.0 Å². The van der Waals surface area contributed by atoms with Gasteiger partial charge in [0.05, 0.1) is 0 Å². The highest BCUT2D eigenvalue weighted by Crippen LogP contribution is 2.00. The maximum absolute atomic E-state index is 11.4. The molecular weight excluding hydrogens is 124 g/mol. The largest absolute Gasteiger partial charge is 0.317 e. The second-order valence-corrected chi connectivity index (χ2v) is 1.89. The van der Waals surface area contributed by atoms with E-state index in [1.165, 1.54) is 0 Å². The fourth-order valence-corrected chi connectivity index (χ4v) is 0.558. The third-order valence-electron chi connectivity index (χ3n) is 1.03. The zero-order valence-electron chi connectivity index (χ0n) is 5.66. The normalized spacial score (nSPS) is 10.7. The predicted molar refractivity (Wildman–Crippen MR) is 33.8 cm³/mol. The lowest BCUT2D eigenvalue weighted by atomic mass is 10.3. The standard InChI is InChI=1S/C6H13F2N/c1-2-9-5-3-4-6(7)8/h6,9H,2-5H2,1H3. The van der Waals surface area contributed by atoms with E-state index in [1.807, 2.05) is 6.92 Å². The Labute approximate surface area is 54.4 Å². The molecule has 0 aromatic heterocycles. The van der Waals surface area contributed by atoms with Gasteiger partial charge in [-0.25, -0.2) is 8.78 Å². The first-order chi connectivity index (χ1) is 4.27. The van der Waals surface area contributed by atoms with Crippen LogP contribution in [-0.2, 0) is 0 Å². The van der Waals surface area contributed by atoms with Crippen LogP contribution in [0.2, 0.25) is 0 Å². The van der Waals surface area contributed by atoms with Crippen molar-refractivity contribution in [3.63, 3.8) is 0 Å². The van der Waals surface area contributed by atoms with E-state index in [9.17, 15) is 8.78 Å². The molecule has 1 nitrogen and oxygen atoms in total. The Bertz CT molecular complexity index is 57.0. The molecule has 0 rings (SSSR count). The number of hydrogen-bond acceptors (Lipinski definition) is 1. The Morgan fingerprint density at radius 3 is 2.56 bits per heavy atom. The molecule has 0 saturated carbocycles. The van der Waals surface area contributed by atoms with Crippen molar-refractivity contribution in [2.45, 2.75) is 26.2 Å². The van der Waals surface area contributed by atoms with Crippen LogP contribution in [0.1, 0.15) is 19.8 Å². The van der Waals surface area contributed by atoms with E-state index in [1.54, 1.807) is 0 Å². The molecule has 9 heavy (non-hydrogen) atoms. The second kappa shape index (κ2) is 5.95. The van der Waals surface area contributed by atoms with E-state index in [-0.39, 0.29) is 6.42 Å². The zero-order valence-corrected chi connectivity index (χ0v) is 5.66. The maximum atomic E-state index is 11.4. The van der Waals surface area contributed by atoms with E-state index in [0.717, 1.165) is 6.54 Å². The number of hydrogen-bond donors (Lipinski definition) is 1. The van der Waals surface area contributed by atoms with Crippen LogP contribution >= 0.6 is 0 Å². The van der Waals surface area contributed by atoms with Crippen molar-refractivity contribution in [2.24, 2.45) is 0 Å². The van der Waals surface area contributed by atoms with Gasteiger partial charge in [0.2, 0.25) is 6.43 Å². The first-order valence-electron chi connectivity index (χ1n) is 3.26. The summed E-state index contributed by atoms with van der Waals surface area (Å²) in [6.07, 6.45) is -1.54. The average molecular weight is 137 g/mol. The van der Waals surface area contributed by atoms with E-state index in [4.69, 9.17) is 0 Å². The third kappa shape index (κ3) is 7.82. The van der Waals surface area contributed by atoms with Crippen LogP contribution in [-0.4, -0.2) is 19.5 Å². The molecule has 0 heterocycles. The van der Waals surface area contributed by atoms with Crippen molar-refractivity contribution < 1.29 is 8.78 Å². The van der Waals surface area contributed by atoms with Gasteiger partial charge in [0.1, 0.15) is 0 Å². The lowest BCUT2D eigenvalue weighted by Crippen LogP contribution is -2.14. The van der Waals surface area contributed by atoms with Gasteiger partial charge in [0.25, 0.3) is 0 Å². The first kappa shape index (κ1) is 8.82. The van der Waals surface area contributed by atoms with Gasteiger partial charge in [-0.3, -0.25) is 0 Å². The van der Waals surface area contributed by atoms with Gasteiger partial charge < -0.3 is 5.32 Å². The summed E-state index contributed by atoms with van der Waals surface area (Å²) < 4.78 is 22.9. The Kier molecular flexibility index (Phi) is 5.83. The molecule has 0 spiro atoms. The lowest BCUT2D eigenvalue weighted by molar-refractivity contribution is 0.135. The van der Waals surface area contributed by atoms with Crippen LogP contribution in [0.4, 0.5) is 8.78 Å². The minimum absolute atomic E-state index is 0.0208. The van der Waals surface area contributed by atoms with Gasteiger partial charge >= 0.3 is 0 Å². The van der Waals surface area contributed by atoms with Crippen molar-refractivity contribution in [1.82, 2.24) is 5.32 Å². The molecule has 3 heteroatoms. The molecule has 0 aliphatic rings. The molecule has 0 unspecified atom stereocenters. The summed E-state index contributed by atoms with van der Waals surface area (Å²) in [7, 11) is 0. The van der Waals surface area contributed by atoms with Crippen molar-refractivity contribution in [1.29, 1.82) is 0 Å². The van der Waals surface area contributed by atoms with Crippen LogP contribution in [0.3, 0.4) is 0 Å².